The monoisotopic (exact) mass is 313 g/mol. The maximum absolute atomic E-state index is 5.80. The van der Waals surface area contributed by atoms with Crippen LogP contribution in [0.5, 0.6) is 0 Å². The molecule has 0 N–H and O–H groups in total. The Bertz CT molecular complexity index is 694. The summed E-state index contributed by atoms with van der Waals surface area (Å²) in [6.45, 7) is 16.0. The third-order valence-electron chi connectivity index (χ3n) is 4.80. The van der Waals surface area contributed by atoms with Gasteiger partial charge in [-0.15, -0.1) is 5.54 Å². The van der Waals surface area contributed by atoms with E-state index in [2.05, 4.69) is 64.9 Å². The van der Waals surface area contributed by atoms with Crippen LogP contribution in [-0.2, 0) is 0 Å². The zero-order chi connectivity index (χ0) is 16.5. The third-order valence-corrected chi connectivity index (χ3v) is 11.1. The van der Waals surface area contributed by atoms with E-state index < -0.39 is 8.07 Å². The Morgan fingerprint density at radius 2 is 1.59 bits per heavy atom. The van der Waals surface area contributed by atoms with E-state index in [9.17, 15) is 0 Å². The van der Waals surface area contributed by atoms with Crippen LogP contribution in [0.25, 0.3) is 11.1 Å². The van der Waals surface area contributed by atoms with Gasteiger partial charge in [-0.2, -0.15) is 0 Å². The number of nitrogens with zero attached hydrogens (tertiary/aromatic N) is 1. The van der Waals surface area contributed by atoms with Crippen LogP contribution in [0.15, 0.2) is 22.6 Å². The Morgan fingerprint density at radius 3 is 2.14 bits per heavy atom. The number of aromatic nitrogens is 1. The summed E-state index contributed by atoms with van der Waals surface area (Å²) < 4.78 is 5.80. The van der Waals surface area contributed by atoms with Gasteiger partial charge in [0.05, 0.1) is 0 Å². The molecule has 1 aromatic heterocycles. The standard InChI is InChI=1S/C19H27NOSi/c1-13(2)22(14(3)4,15(5)6)11-10-19-20-17-12-16(7)8-9-18(17)21-19/h8-9,12-15H,1-7H3. The summed E-state index contributed by atoms with van der Waals surface area (Å²) >= 11 is 0. The van der Waals surface area contributed by atoms with Crippen molar-refractivity contribution in [1.29, 1.82) is 0 Å². The lowest BCUT2D eigenvalue weighted by Crippen LogP contribution is -2.43. The molecule has 0 fully saturated rings. The number of rotatable bonds is 3. The minimum Gasteiger partial charge on any atom is -0.430 e. The fourth-order valence-electron chi connectivity index (χ4n) is 3.69. The minimum absolute atomic E-state index is 0.555. The summed E-state index contributed by atoms with van der Waals surface area (Å²) in [7, 11) is -1.73. The highest BCUT2D eigenvalue weighted by Gasteiger charge is 2.41. The molecule has 0 bridgehead atoms. The molecule has 22 heavy (non-hydrogen) atoms. The zero-order valence-electron chi connectivity index (χ0n) is 14.8. The van der Waals surface area contributed by atoms with Crippen molar-refractivity contribution in [3.05, 3.63) is 29.7 Å². The fraction of sp³-hybridized carbons (Fsp3) is 0.526. The quantitative estimate of drug-likeness (QED) is 0.536. The first-order valence-electron chi connectivity index (χ1n) is 8.17. The Labute approximate surface area is 135 Å². The molecule has 118 valence electrons. The molecule has 0 saturated carbocycles. The predicted octanol–water partition coefficient (Wildman–Crippen LogP) is 5.71. The Morgan fingerprint density at radius 1 is 1.00 bits per heavy atom. The van der Waals surface area contributed by atoms with E-state index in [1.165, 1.54) is 5.56 Å². The smallest absolute Gasteiger partial charge is 0.273 e. The topological polar surface area (TPSA) is 26.0 Å². The molecule has 2 nitrogen and oxygen atoms in total. The SMILES string of the molecule is Cc1ccc2oc(C#C[Si](C(C)C)(C(C)C)C(C)C)nc2c1. The Hall–Kier alpha value is -1.53. The molecule has 0 aliphatic carbocycles. The highest BCUT2D eigenvalue weighted by atomic mass is 28.3. The molecule has 0 amide bonds. The van der Waals surface area contributed by atoms with Crippen molar-refractivity contribution in [3.8, 4) is 11.5 Å². The van der Waals surface area contributed by atoms with Crippen LogP contribution in [0.1, 0.15) is 53.0 Å². The van der Waals surface area contributed by atoms with Crippen LogP contribution in [0.4, 0.5) is 0 Å². The van der Waals surface area contributed by atoms with Crippen LogP contribution in [0.2, 0.25) is 16.6 Å². The first-order chi connectivity index (χ1) is 10.3. The second kappa shape index (κ2) is 6.30. The lowest BCUT2D eigenvalue weighted by Gasteiger charge is -2.37. The molecule has 0 aliphatic rings. The highest BCUT2D eigenvalue weighted by Crippen LogP contribution is 2.40. The third kappa shape index (κ3) is 2.98. The number of hydrogen-bond donors (Lipinski definition) is 0. The summed E-state index contributed by atoms with van der Waals surface area (Å²) in [4.78, 5) is 4.54. The van der Waals surface area contributed by atoms with Gasteiger partial charge in [-0.25, -0.2) is 4.98 Å². The van der Waals surface area contributed by atoms with Gasteiger partial charge in [-0.1, -0.05) is 47.6 Å². The zero-order valence-corrected chi connectivity index (χ0v) is 15.8. The van der Waals surface area contributed by atoms with E-state index in [0.29, 0.717) is 22.5 Å². The molecular formula is C19H27NOSi. The highest BCUT2D eigenvalue weighted by molar-refractivity contribution is 6.90. The minimum atomic E-state index is -1.73. The van der Waals surface area contributed by atoms with Crippen molar-refractivity contribution in [3.63, 3.8) is 0 Å². The number of aryl methyl sites for hydroxylation is 1. The van der Waals surface area contributed by atoms with Gasteiger partial charge in [0, 0.05) is 0 Å². The van der Waals surface area contributed by atoms with Crippen LogP contribution >= 0.6 is 0 Å². The average molecular weight is 314 g/mol. The normalized spacial score (nSPS) is 12.3. The van der Waals surface area contributed by atoms with E-state index in [1.807, 2.05) is 18.2 Å². The average Bonchev–Trinajstić information content (AvgIpc) is 2.79. The predicted molar refractivity (Wildman–Crippen MR) is 96.7 cm³/mol. The summed E-state index contributed by atoms with van der Waals surface area (Å²) in [5.74, 6) is 3.83. The maximum Gasteiger partial charge on any atom is 0.273 e. The second-order valence-corrected chi connectivity index (χ2v) is 12.7. The lowest BCUT2D eigenvalue weighted by molar-refractivity contribution is 0.586. The molecule has 2 rings (SSSR count). The number of oxazole rings is 1. The van der Waals surface area contributed by atoms with Crippen LogP contribution in [0.3, 0.4) is 0 Å². The van der Waals surface area contributed by atoms with Crippen LogP contribution in [0, 0.1) is 18.4 Å². The maximum atomic E-state index is 5.80. The van der Waals surface area contributed by atoms with Crippen molar-refractivity contribution < 1.29 is 4.42 Å². The largest absolute Gasteiger partial charge is 0.430 e. The molecule has 0 radical (unpaired) electrons. The summed E-state index contributed by atoms with van der Waals surface area (Å²) in [5.41, 5.74) is 8.42. The Kier molecular flexibility index (Phi) is 4.82. The molecule has 0 unspecified atom stereocenters. The van der Waals surface area contributed by atoms with Gasteiger partial charge < -0.3 is 4.42 Å². The molecule has 0 atom stereocenters. The van der Waals surface area contributed by atoms with Gasteiger partial charge in [0.15, 0.2) is 5.58 Å². The van der Waals surface area contributed by atoms with Gasteiger partial charge in [-0.3, -0.25) is 0 Å². The number of benzene rings is 1. The van der Waals surface area contributed by atoms with Crippen molar-refractivity contribution in [2.75, 3.05) is 0 Å². The van der Waals surface area contributed by atoms with Crippen molar-refractivity contribution in [2.24, 2.45) is 0 Å². The van der Waals surface area contributed by atoms with Crippen molar-refractivity contribution >= 4 is 19.2 Å². The van der Waals surface area contributed by atoms with Crippen molar-refractivity contribution in [2.45, 2.75) is 65.1 Å². The van der Waals surface area contributed by atoms with E-state index in [-0.39, 0.29) is 0 Å². The fourth-order valence-corrected chi connectivity index (χ4v) is 8.88. The van der Waals surface area contributed by atoms with E-state index in [1.54, 1.807) is 0 Å². The molecule has 0 aliphatic heterocycles. The summed E-state index contributed by atoms with van der Waals surface area (Å²) in [5, 5.41) is 0. The molecular weight excluding hydrogens is 286 g/mol. The van der Waals surface area contributed by atoms with Crippen LogP contribution in [-0.4, -0.2) is 13.1 Å². The Balaban J connectivity index is 2.47. The van der Waals surface area contributed by atoms with Gasteiger partial charge >= 0.3 is 0 Å². The van der Waals surface area contributed by atoms with Crippen molar-refractivity contribution in [1.82, 2.24) is 4.98 Å². The second-order valence-electron chi connectivity index (χ2n) is 7.14. The first kappa shape index (κ1) is 16.8. The molecule has 1 heterocycles. The molecule has 2 aromatic rings. The summed E-state index contributed by atoms with van der Waals surface area (Å²) in [6.07, 6.45) is 0. The molecule has 0 spiro atoms. The van der Waals surface area contributed by atoms with E-state index in [0.717, 1.165) is 11.1 Å². The van der Waals surface area contributed by atoms with Gasteiger partial charge in [-0.05, 0) is 47.2 Å². The van der Waals surface area contributed by atoms with Gasteiger partial charge in [0.25, 0.3) is 5.89 Å². The molecule has 3 heteroatoms. The van der Waals surface area contributed by atoms with Gasteiger partial charge in [0.1, 0.15) is 13.6 Å². The van der Waals surface area contributed by atoms with E-state index in [4.69, 9.17) is 4.42 Å². The summed E-state index contributed by atoms with van der Waals surface area (Å²) in [6, 6.07) is 6.06. The molecule has 1 aromatic carbocycles. The van der Waals surface area contributed by atoms with Gasteiger partial charge in [0.2, 0.25) is 0 Å². The molecule has 0 saturated heterocycles. The lowest BCUT2D eigenvalue weighted by atomic mass is 10.2. The first-order valence-corrected chi connectivity index (χ1v) is 10.4. The number of fused-ring (bicyclic) bond motifs is 1. The van der Waals surface area contributed by atoms with Crippen LogP contribution < -0.4 is 0 Å². The number of hydrogen-bond acceptors (Lipinski definition) is 2. The van der Waals surface area contributed by atoms with E-state index >= 15 is 0 Å².